The van der Waals surface area contributed by atoms with Crippen LogP contribution >= 0.6 is 0 Å². The van der Waals surface area contributed by atoms with E-state index in [0.29, 0.717) is 0 Å². The van der Waals surface area contributed by atoms with Gasteiger partial charge in [0.05, 0.1) is 11.6 Å². The summed E-state index contributed by atoms with van der Waals surface area (Å²) >= 11 is 0. The van der Waals surface area contributed by atoms with Crippen LogP contribution in [0.25, 0.3) is 10.9 Å². The maximum absolute atomic E-state index is 13.8. The van der Waals surface area contributed by atoms with Gasteiger partial charge in [-0.05, 0) is 42.0 Å². The van der Waals surface area contributed by atoms with Crippen molar-refractivity contribution in [3.05, 3.63) is 77.5 Å². The molecule has 2 aromatic carbocycles. The van der Waals surface area contributed by atoms with E-state index < -0.39 is 17.7 Å². The molecule has 0 fully saturated rings. The number of nitrogens with two attached hydrogens (primary N) is 1. The van der Waals surface area contributed by atoms with E-state index in [-0.39, 0.29) is 5.56 Å². The maximum Gasteiger partial charge on any atom is 0.128 e. The number of fused-ring (bicyclic) bond motifs is 1. The topological polar surface area (TPSA) is 38.9 Å². The van der Waals surface area contributed by atoms with Crippen LogP contribution in [-0.4, -0.2) is 4.98 Å². The van der Waals surface area contributed by atoms with Crippen LogP contribution in [0.4, 0.5) is 8.78 Å². The second kappa shape index (κ2) is 4.98. The van der Waals surface area contributed by atoms with E-state index in [4.69, 9.17) is 5.73 Å². The second-order valence-electron chi connectivity index (χ2n) is 4.60. The Labute approximate surface area is 114 Å². The molecule has 2 nitrogen and oxygen atoms in total. The van der Waals surface area contributed by atoms with E-state index in [9.17, 15) is 8.78 Å². The molecule has 4 heteroatoms. The molecule has 2 N–H and O–H groups in total. The predicted molar refractivity (Wildman–Crippen MR) is 74.1 cm³/mol. The Morgan fingerprint density at radius 2 is 1.85 bits per heavy atom. The van der Waals surface area contributed by atoms with Crippen molar-refractivity contribution in [3.63, 3.8) is 0 Å². The molecule has 20 heavy (non-hydrogen) atoms. The van der Waals surface area contributed by atoms with Crippen LogP contribution < -0.4 is 5.73 Å². The molecule has 3 rings (SSSR count). The van der Waals surface area contributed by atoms with Gasteiger partial charge in [0.25, 0.3) is 0 Å². The van der Waals surface area contributed by atoms with Gasteiger partial charge in [-0.1, -0.05) is 12.1 Å². The zero-order chi connectivity index (χ0) is 14.1. The number of halogens is 2. The summed E-state index contributed by atoms with van der Waals surface area (Å²) in [6.07, 6.45) is 1.70. The average molecular weight is 270 g/mol. The molecule has 0 amide bonds. The van der Waals surface area contributed by atoms with Crippen LogP contribution in [0, 0.1) is 11.6 Å². The highest BCUT2D eigenvalue weighted by atomic mass is 19.1. The molecule has 0 aliphatic heterocycles. The maximum atomic E-state index is 13.8. The summed E-state index contributed by atoms with van der Waals surface area (Å²) < 4.78 is 27.0. The SMILES string of the molecule is NC(c1ccc2ncccc2c1)c1cc(F)ccc1F. The van der Waals surface area contributed by atoms with Crippen molar-refractivity contribution < 1.29 is 8.78 Å². The molecule has 0 saturated carbocycles. The van der Waals surface area contributed by atoms with Crippen LogP contribution in [-0.2, 0) is 0 Å². The van der Waals surface area contributed by atoms with E-state index in [0.717, 1.165) is 34.7 Å². The third-order valence-corrected chi connectivity index (χ3v) is 3.28. The normalized spacial score (nSPS) is 12.6. The lowest BCUT2D eigenvalue weighted by Crippen LogP contribution is -2.14. The van der Waals surface area contributed by atoms with Crippen LogP contribution in [0.2, 0.25) is 0 Å². The molecule has 1 heterocycles. The number of benzene rings is 2. The molecule has 0 bridgehead atoms. The molecule has 100 valence electrons. The molecule has 0 aliphatic rings. The first-order valence-corrected chi connectivity index (χ1v) is 6.20. The second-order valence-corrected chi connectivity index (χ2v) is 4.60. The minimum absolute atomic E-state index is 0.147. The fraction of sp³-hybridized carbons (Fsp3) is 0.0625. The number of nitrogens with zero attached hydrogens (tertiary/aromatic N) is 1. The van der Waals surface area contributed by atoms with E-state index >= 15 is 0 Å². The van der Waals surface area contributed by atoms with Gasteiger partial charge in [-0.25, -0.2) is 8.78 Å². The zero-order valence-electron chi connectivity index (χ0n) is 10.6. The van der Waals surface area contributed by atoms with E-state index in [1.165, 1.54) is 0 Å². The fourth-order valence-electron chi connectivity index (χ4n) is 2.22. The molecule has 0 spiro atoms. The molecule has 1 atom stereocenters. The highest BCUT2D eigenvalue weighted by Gasteiger charge is 2.15. The third kappa shape index (κ3) is 2.26. The lowest BCUT2D eigenvalue weighted by molar-refractivity contribution is 0.577. The van der Waals surface area contributed by atoms with Gasteiger partial charge in [0, 0.05) is 17.1 Å². The van der Waals surface area contributed by atoms with Gasteiger partial charge in [0.1, 0.15) is 11.6 Å². The number of pyridine rings is 1. The fourth-order valence-corrected chi connectivity index (χ4v) is 2.22. The molecule has 1 aromatic heterocycles. The summed E-state index contributed by atoms with van der Waals surface area (Å²) in [4.78, 5) is 4.21. The third-order valence-electron chi connectivity index (χ3n) is 3.28. The summed E-state index contributed by atoms with van der Waals surface area (Å²) in [7, 11) is 0. The summed E-state index contributed by atoms with van der Waals surface area (Å²) in [5.74, 6) is -1.01. The predicted octanol–water partition coefficient (Wildman–Crippen LogP) is 3.56. The van der Waals surface area contributed by atoms with Gasteiger partial charge < -0.3 is 5.73 Å². The lowest BCUT2D eigenvalue weighted by atomic mass is 9.97. The quantitative estimate of drug-likeness (QED) is 0.773. The molecule has 0 saturated heterocycles. The minimum Gasteiger partial charge on any atom is -0.320 e. The molecular formula is C16H12F2N2. The van der Waals surface area contributed by atoms with Crippen molar-refractivity contribution in [2.24, 2.45) is 5.73 Å². The molecule has 0 aliphatic carbocycles. The largest absolute Gasteiger partial charge is 0.320 e. The van der Waals surface area contributed by atoms with Gasteiger partial charge in [0.15, 0.2) is 0 Å². The smallest absolute Gasteiger partial charge is 0.128 e. The number of rotatable bonds is 2. The van der Waals surface area contributed by atoms with Gasteiger partial charge >= 0.3 is 0 Å². The van der Waals surface area contributed by atoms with E-state index in [2.05, 4.69) is 4.98 Å². The number of aromatic nitrogens is 1. The molecule has 0 radical (unpaired) electrons. The first-order valence-electron chi connectivity index (χ1n) is 6.20. The summed E-state index contributed by atoms with van der Waals surface area (Å²) in [5.41, 5.74) is 7.75. The van der Waals surface area contributed by atoms with E-state index in [1.807, 2.05) is 24.3 Å². The minimum atomic E-state index is -0.713. The highest BCUT2D eigenvalue weighted by molar-refractivity contribution is 5.79. The summed E-state index contributed by atoms with van der Waals surface area (Å²) in [5, 5.41) is 0.914. The number of hydrogen-bond acceptors (Lipinski definition) is 2. The monoisotopic (exact) mass is 270 g/mol. The van der Waals surface area contributed by atoms with Gasteiger partial charge in [-0.3, -0.25) is 4.98 Å². The first kappa shape index (κ1) is 12.7. The van der Waals surface area contributed by atoms with Crippen LogP contribution in [0.15, 0.2) is 54.7 Å². The van der Waals surface area contributed by atoms with Gasteiger partial charge in [0.2, 0.25) is 0 Å². The molecular weight excluding hydrogens is 258 g/mol. The van der Waals surface area contributed by atoms with Gasteiger partial charge in [-0.15, -0.1) is 0 Å². The van der Waals surface area contributed by atoms with E-state index in [1.54, 1.807) is 12.3 Å². The first-order chi connectivity index (χ1) is 9.65. The van der Waals surface area contributed by atoms with Crippen LogP contribution in [0.1, 0.15) is 17.2 Å². The Kier molecular flexibility index (Phi) is 3.16. The van der Waals surface area contributed by atoms with Crippen molar-refractivity contribution in [1.82, 2.24) is 4.98 Å². The Morgan fingerprint density at radius 3 is 2.70 bits per heavy atom. The Morgan fingerprint density at radius 1 is 1.00 bits per heavy atom. The molecule has 1 unspecified atom stereocenters. The van der Waals surface area contributed by atoms with Crippen molar-refractivity contribution in [1.29, 1.82) is 0 Å². The Balaban J connectivity index is 2.07. The average Bonchev–Trinajstić information content (AvgIpc) is 2.48. The lowest BCUT2D eigenvalue weighted by Gasteiger charge is -2.14. The van der Waals surface area contributed by atoms with Crippen LogP contribution in [0.3, 0.4) is 0 Å². The Bertz CT molecular complexity index is 771. The van der Waals surface area contributed by atoms with Crippen molar-refractivity contribution in [2.75, 3.05) is 0 Å². The highest BCUT2D eigenvalue weighted by Crippen LogP contribution is 2.25. The van der Waals surface area contributed by atoms with Crippen molar-refractivity contribution in [2.45, 2.75) is 6.04 Å². The van der Waals surface area contributed by atoms with Gasteiger partial charge in [-0.2, -0.15) is 0 Å². The van der Waals surface area contributed by atoms with Crippen molar-refractivity contribution >= 4 is 10.9 Å². The molecule has 3 aromatic rings. The number of hydrogen-bond donors (Lipinski definition) is 1. The Hall–Kier alpha value is -2.33. The zero-order valence-corrected chi connectivity index (χ0v) is 10.6. The summed E-state index contributed by atoms with van der Waals surface area (Å²) in [6, 6.07) is 11.8. The van der Waals surface area contributed by atoms with Crippen LogP contribution in [0.5, 0.6) is 0 Å². The standard InChI is InChI=1S/C16H12F2N2/c17-12-4-5-14(18)13(9-12)16(19)11-3-6-15-10(8-11)2-1-7-20-15/h1-9,16H,19H2. The summed E-state index contributed by atoms with van der Waals surface area (Å²) in [6.45, 7) is 0. The van der Waals surface area contributed by atoms with Crippen molar-refractivity contribution in [3.8, 4) is 0 Å².